The monoisotopic (exact) mass is 530 g/mol. The standard InChI is InChI=1S/C32H42N4O3/c1-2-19-36(31(38)33-28-15-7-4-8-16-28)29-17-20-34(21-18-29)22-27-23-35(30(37)25-11-9-10-12-25)24-32(27,39)26-13-5-3-6-14-26/h2-8,13-16,25,27,29,39H,1,9-12,17-24H2,(H,33,38). The fourth-order valence-corrected chi connectivity index (χ4v) is 6.74. The predicted molar refractivity (Wildman–Crippen MR) is 154 cm³/mol. The van der Waals surface area contributed by atoms with Crippen LogP contribution in [0.5, 0.6) is 0 Å². The first-order valence-corrected chi connectivity index (χ1v) is 14.5. The van der Waals surface area contributed by atoms with E-state index in [1.54, 1.807) is 6.08 Å². The van der Waals surface area contributed by atoms with Gasteiger partial charge in [-0.3, -0.25) is 4.79 Å². The molecule has 2 N–H and O–H groups in total. The molecule has 0 spiro atoms. The van der Waals surface area contributed by atoms with Gasteiger partial charge in [0.05, 0.1) is 6.54 Å². The lowest BCUT2D eigenvalue weighted by atomic mass is 9.83. The number of carbonyl (C=O) groups is 2. The fourth-order valence-electron chi connectivity index (χ4n) is 6.74. The Bertz CT molecular complexity index is 1110. The van der Waals surface area contributed by atoms with Gasteiger partial charge in [0.15, 0.2) is 0 Å². The van der Waals surface area contributed by atoms with E-state index in [1.807, 2.05) is 70.5 Å². The Kier molecular flexibility index (Phi) is 8.68. The van der Waals surface area contributed by atoms with Crippen molar-refractivity contribution in [2.45, 2.75) is 50.2 Å². The fraction of sp³-hybridized carbons (Fsp3) is 0.500. The van der Waals surface area contributed by atoms with Crippen LogP contribution in [0.1, 0.15) is 44.1 Å². The Hall–Kier alpha value is -3.16. The van der Waals surface area contributed by atoms with E-state index in [4.69, 9.17) is 0 Å². The van der Waals surface area contributed by atoms with Gasteiger partial charge < -0.3 is 25.1 Å². The highest BCUT2D eigenvalue weighted by Gasteiger charge is 2.49. The maximum absolute atomic E-state index is 13.3. The van der Waals surface area contributed by atoms with E-state index in [1.165, 1.54) is 0 Å². The van der Waals surface area contributed by atoms with E-state index in [-0.39, 0.29) is 29.8 Å². The van der Waals surface area contributed by atoms with Gasteiger partial charge in [0.1, 0.15) is 5.60 Å². The van der Waals surface area contributed by atoms with Crippen molar-refractivity contribution in [3.63, 3.8) is 0 Å². The molecule has 5 rings (SSSR count). The third kappa shape index (κ3) is 6.20. The minimum atomic E-state index is -1.06. The van der Waals surface area contributed by atoms with Crippen molar-refractivity contribution in [2.24, 2.45) is 11.8 Å². The molecule has 2 heterocycles. The van der Waals surface area contributed by atoms with Crippen molar-refractivity contribution in [1.82, 2.24) is 14.7 Å². The molecule has 2 saturated heterocycles. The van der Waals surface area contributed by atoms with Crippen LogP contribution in [-0.2, 0) is 10.4 Å². The lowest BCUT2D eigenvalue weighted by Gasteiger charge is -2.40. The van der Waals surface area contributed by atoms with Crippen molar-refractivity contribution < 1.29 is 14.7 Å². The summed E-state index contributed by atoms with van der Waals surface area (Å²) in [7, 11) is 0. The normalized spacial score (nSPS) is 24.5. The Morgan fingerprint density at radius 1 is 1.00 bits per heavy atom. The van der Waals surface area contributed by atoms with Gasteiger partial charge in [-0.15, -0.1) is 6.58 Å². The minimum Gasteiger partial charge on any atom is -0.383 e. The van der Waals surface area contributed by atoms with E-state index in [9.17, 15) is 14.7 Å². The second-order valence-corrected chi connectivity index (χ2v) is 11.5. The molecule has 0 bridgehead atoms. The van der Waals surface area contributed by atoms with E-state index in [2.05, 4.69) is 16.8 Å². The van der Waals surface area contributed by atoms with E-state index in [0.29, 0.717) is 19.6 Å². The number of rotatable bonds is 8. The molecule has 2 aromatic carbocycles. The molecule has 2 unspecified atom stereocenters. The lowest BCUT2D eigenvalue weighted by molar-refractivity contribution is -0.135. The van der Waals surface area contributed by atoms with Crippen LogP contribution in [0, 0.1) is 11.8 Å². The van der Waals surface area contributed by atoms with Gasteiger partial charge in [0, 0.05) is 56.3 Å². The van der Waals surface area contributed by atoms with E-state index in [0.717, 1.165) is 69.4 Å². The van der Waals surface area contributed by atoms with Crippen LogP contribution >= 0.6 is 0 Å². The van der Waals surface area contributed by atoms with Gasteiger partial charge >= 0.3 is 6.03 Å². The number of piperidine rings is 1. The van der Waals surface area contributed by atoms with Crippen LogP contribution in [0.3, 0.4) is 0 Å². The van der Waals surface area contributed by atoms with E-state index < -0.39 is 5.60 Å². The van der Waals surface area contributed by atoms with Gasteiger partial charge in [-0.1, -0.05) is 67.4 Å². The summed E-state index contributed by atoms with van der Waals surface area (Å²) in [6.07, 6.45) is 7.68. The minimum absolute atomic E-state index is 0.0625. The van der Waals surface area contributed by atoms with Crippen LogP contribution < -0.4 is 5.32 Å². The summed E-state index contributed by atoms with van der Waals surface area (Å²) in [5.41, 5.74) is 0.616. The maximum Gasteiger partial charge on any atom is 0.322 e. The first-order chi connectivity index (χ1) is 19.0. The van der Waals surface area contributed by atoms with Crippen LogP contribution in [-0.4, -0.2) is 77.1 Å². The maximum atomic E-state index is 13.3. The molecular formula is C32H42N4O3. The number of hydrogen-bond donors (Lipinski definition) is 2. The molecule has 2 aliphatic heterocycles. The van der Waals surface area contributed by atoms with Crippen LogP contribution in [0.2, 0.25) is 0 Å². The first-order valence-electron chi connectivity index (χ1n) is 14.5. The molecule has 7 heteroatoms. The second-order valence-electron chi connectivity index (χ2n) is 11.5. The predicted octanol–water partition coefficient (Wildman–Crippen LogP) is 4.71. The van der Waals surface area contributed by atoms with Crippen LogP contribution in [0.4, 0.5) is 10.5 Å². The Morgan fingerprint density at radius 3 is 2.28 bits per heavy atom. The molecule has 3 amide bonds. The average Bonchev–Trinajstić information content (AvgIpc) is 3.62. The van der Waals surface area contributed by atoms with Gasteiger partial charge in [-0.25, -0.2) is 4.79 Å². The number of nitrogens with zero attached hydrogens (tertiary/aromatic N) is 3. The number of likely N-dealkylation sites (tertiary alicyclic amines) is 2. The lowest BCUT2D eigenvalue weighted by Crippen LogP contribution is -2.50. The summed E-state index contributed by atoms with van der Waals surface area (Å²) < 4.78 is 0. The Labute approximate surface area is 232 Å². The zero-order valence-corrected chi connectivity index (χ0v) is 22.9. The van der Waals surface area contributed by atoms with E-state index >= 15 is 0 Å². The number of amides is 3. The van der Waals surface area contributed by atoms with Gasteiger partial charge in [-0.2, -0.15) is 0 Å². The van der Waals surface area contributed by atoms with Crippen molar-refractivity contribution in [2.75, 3.05) is 44.6 Å². The second kappa shape index (κ2) is 12.3. The molecule has 0 aromatic heterocycles. The highest BCUT2D eigenvalue weighted by Crippen LogP contribution is 2.40. The highest BCUT2D eigenvalue weighted by atomic mass is 16.3. The molecule has 2 aromatic rings. The summed E-state index contributed by atoms with van der Waals surface area (Å²) in [6, 6.07) is 19.4. The third-order valence-electron chi connectivity index (χ3n) is 8.93. The molecule has 39 heavy (non-hydrogen) atoms. The number of nitrogens with one attached hydrogen (secondary N) is 1. The number of anilines is 1. The van der Waals surface area contributed by atoms with Gasteiger partial charge in [-0.05, 0) is 43.4 Å². The highest BCUT2D eigenvalue weighted by molar-refractivity contribution is 5.89. The number of β-amino-alcohol motifs (C(OH)–C–C–N with tert-alkyl or cyclic N) is 1. The molecule has 1 saturated carbocycles. The number of carbonyl (C=O) groups excluding carboxylic acids is 2. The number of para-hydroxylation sites is 1. The zero-order chi connectivity index (χ0) is 27.2. The summed E-state index contributed by atoms with van der Waals surface area (Å²) in [5.74, 6) is 0.261. The first kappa shape index (κ1) is 27.4. The molecule has 1 aliphatic carbocycles. The summed E-state index contributed by atoms with van der Waals surface area (Å²) >= 11 is 0. The van der Waals surface area contributed by atoms with Crippen molar-refractivity contribution in [3.8, 4) is 0 Å². The molecule has 3 fully saturated rings. The smallest absolute Gasteiger partial charge is 0.322 e. The molecule has 7 nitrogen and oxygen atoms in total. The molecule has 208 valence electrons. The Balaban J connectivity index is 1.23. The molecule has 2 atom stereocenters. The van der Waals surface area contributed by atoms with Crippen molar-refractivity contribution >= 4 is 17.6 Å². The molecule has 0 radical (unpaired) electrons. The quantitative estimate of drug-likeness (QED) is 0.485. The zero-order valence-electron chi connectivity index (χ0n) is 22.9. The van der Waals surface area contributed by atoms with Crippen molar-refractivity contribution in [3.05, 3.63) is 78.9 Å². The van der Waals surface area contributed by atoms with Crippen molar-refractivity contribution in [1.29, 1.82) is 0 Å². The largest absolute Gasteiger partial charge is 0.383 e. The van der Waals surface area contributed by atoms with Crippen LogP contribution in [0.25, 0.3) is 0 Å². The summed E-state index contributed by atoms with van der Waals surface area (Å²) in [4.78, 5) is 32.6. The number of urea groups is 1. The number of aliphatic hydroxyl groups is 1. The van der Waals surface area contributed by atoms with Crippen LogP contribution in [0.15, 0.2) is 73.3 Å². The molecular weight excluding hydrogens is 488 g/mol. The number of hydrogen-bond acceptors (Lipinski definition) is 4. The summed E-state index contributed by atoms with van der Waals surface area (Å²) in [5, 5.41) is 15.1. The van der Waals surface area contributed by atoms with Gasteiger partial charge in [0.25, 0.3) is 0 Å². The number of benzene rings is 2. The summed E-state index contributed by atoms with van der Waals surface area (Å²) in [6.45, 7) is 7.73. The Morgan fingerprint density at radius 2 is 1.64 bits per heavy atom. The topological polar surface area (TPSA) is 76.1 Å². The SMILES string of the molecule is C=CCN(C(=O)Nc1ccccc1)C1CCN(CC2CN(C(=O)C3CCCC3)CC2(O)c2ccccc2)CC1. The molecule has 3 aliphatic rings. The third-order valence-corrected chi connectivity index (χ3v) is 8.93. The van der Waals surface area contributed by atoms with Gasteiger partial charge in [0.2, 0.25) is 5.91 Å². The average molecular weight is 531 g/mol.